The summed E-state index contributed by atoms with van der Waals surface area (Å²) in [6.45, 7) is -0.131. The number of anilines is 1. The van der Waals surface area contributed by atoms with E-state index < -0.39 is 49.8 Å². The van der Waals surface area contributed by atoms with Gasteiger partial charge in [0.2, 0.25) is 15.8 Å². The number of nitrogens with two attached hydrogens (primary N) is 1. The number of nitrogens with zero attached hydrogens (tertiary/aromatic N) is 4. The predicted molar refractivity (Wildman–Crippen MR) is 112 cm³/mol. The number of Topliss-reactive ketones (excluding diaryl/α,β-unsaturated/α-hetero) is 1. The molecule has 0 unspecified atom stereocenters. The fraction of sp³-hybridized carbons (Fsp3) is 0.389. The summed E-state index contributed by atoms with van der Waals surface area (Å²) in [6.07, 6.45) is 1.41. The third kappa shape index (κ3) is 4.01. The molecule has 0 atom stereocenters. The molecule has 0 bridgehead atoms. The molecule has 2 N–H and O–H groups in total. The van der Waals surface area contributed by atoms with Crippen LogP contribution >= 0.6 is 0 Å². The molecule has 2 heterocycles. The van der Waals surface area contributed by atoms with Gasteiger partial charge in [0, 0.05) is 33.3 Å². The van der Waals surface area contributed by atoms with Crippen LogP contribution in [0.2, 0.25) is 0 Å². The zero-order valence-corrected chi connectivity index (χ0v) is 18.1. The molecule has 1 aliphatic rings. The Morgan fingerprint density at radius 2 is 1.81 bits per heavy atom. The maximum atomic E-state index is 12.7. The maximum Gasteiger partial charge on any atom is 0.332 e. The second-order valence-electron chi connectivity index (χ2n) is 7.18. The van der Waals surface area contributed by atoms with Crippen molar-refractivity contribution in [3.8, 4) is 5.75 Å². The summed E-state index contributed by atoms with van der Waals surface area (Å²) < 4.78 is 33.4. The number of aromatic nitrogens is 2. The number of carbonyl (C=O) groups excluding carboxylic acids is 1. The molecular formula is C18H21N5O8S. The van der Waals surface area contributed by atoms with Crippen LogP contribution in [0.15, 0.2) is 32.7 Å². The van der Waals surface area contributed by atoms with Crippen LogP contribution in [0.25, 0.3) is 0 Å². The van der Waals surface area contributed by atoms with E-state index >= 15 is 0 Å². The molecule has 172 valence electrons. The molecule has 1 aliphatic heterocycles. The van der Waals surface area contributed by atoms with E-state index in [0.29, 0.717) is 30.5 Å². The molecular weight excluding hydrogens is 446 g/mol. The van der Waals surface area contributed by atoms with E-state index in [-0.39, 0.29) is 16.5 Å². The first kappa shape index (κ1) is 23.1. The van der Waals surface area contributed by atoms with Crippen LogP contribution in [-0.2, 0) is 24.1 Å². The molecule has 1 fully saturated rings. The van der Waals surface area contributed by atoms with Crippen molar-refractivity contribution in [1.29, 1.82) is 0 Å². The van der Waals surface area contributed by atoms with Crippen LogP contribution in [0, 0.1) is 10.1 Å². The van der Waals surface area contributed by atoms with Crippen molar-refractivity contribution in [1.82, 2.24) is 13.4 Å². The third-order valence-electron chi connectivity index (χ3n) is 5.18. The minimum atomic E-state index is -3.90. The molecule has 14 heteroatoms. The van der Waals surface area contributed by atoms with Gasteiger partial charge < -0.3 is 10.5 Å². The Bertz CT molecular complexity index is 1320. The van der Waals surface area contributed by atoms with Crippen molar-refractivity contribution < 1.29 is 22.9 Å². The first-order valence-electron chi connectivity index (χ1n) is 9.47. The summed E-state index contributed by atoms with van der Waals surface area (Å²) in [5.74, 6) is -1.63. The normalized spacial score (nSPS) is 14.4. The SMILES string of the molecule is Cn1c(N)c(C(=O)COc2ccc(S(=O)(=O)N3CCCC3)cc2[N+](=O)[O-])c(=O)n(C)c1=O. The first-order chi connectivity index (χ1) is 15.0. The van der Waals surface area contributed by atoms with E-state index in [2.05, 4.69) is 0 Å². The number of benzene rings is 1. The van der Waals surface area contributed by atoms with Crippen molar-refractivity contribution in [2.45, 2.75) is 17.7 Å². The van der Waals surface area contributed by atoms with Crippen LogP contribution in [0.4, 0.5) is 11.5 Å². The second kappa shape index (κ2) is 8.55. The number of rotatable bonds is 7. The van der Waals surface area contributed by atoms with Crippen molar-refractivity contribution in [3.63, 3.8) is 0 Å². The highest BCUT2D eigenvalue weighted by atomic mass is 32.2. The standard InChI is InChI=1S/C18H21N5O8S/c1-20-16(19)15(17(25)21(2)18(20)26)13(24)10-31-14-6-5-11(9-12(14)23(27)28)32(29,30)22-7-3-4-8-22/h5-6,9H,3-4,7-8,10,19H2,1-2H3. The van der Waals surface area contributed by atoms with Gasteiger partial charge >= 0.3 is 11.4 Å². The molecule has 0 saturated carbocycles. The second-order valence-corrected chi connectivity index (χ2v) is 9.11. The van der Waals surface area contributed by atoms with E-state index in [4.69, 9.17) is 10.5 Å². The first-order valence-corrected chi connectivity index (χ1v) is 10.9. The molecule has 0 radical (unpaired) electrons. The van der Waals surface area contributed by atoms with Crippen LogP contribution in [-0.4, -0.2) is 52.3 Å². The van der Waals surface area contributed by atoms with E-state index in [9.17, 15) is 32.9 Å². The number of hydrogen-bond donors (Lipinski definition) is 1. The lowest BCUT2D eigenvalue weighted by Gasteiger charge is -2.16. The van der Waals surface area contributed by atoms with Gasteiger partial charge in [-0.25, -0.2) is 13.2 Å². The molecule has 1 saturated heterocycles. The molecule has 1 aromatic heterocycles. The van der Waals surface area contributed by atoms with Crippen LogP contribution in [0.1, 0.15) is 23.2 Å². The number of sulfonamides is 1. The quantitative estimate of drug-likeness (QED) is 0.323. The Hall–Kier alpha value is -3.52. The summed E-state index contributed by atoms with van der Waals surface area (Å²) >= 11 is 0. The van der Waals surface area contributed by atoms with Gasteiger partial charge in [-0.1, -0.05) is 0 Å². The van der Waals surface area contributed by atoms with E-state index in [1.165, 1.54) is 18.4 Å². The average molecular weight is 467 g/mol. The molecule has 0 spiro atoms. The Labute approximate surface area is 181 Å². The van der Waals surface area contributed by atoms with Crippen molar-refractivity contribution in [3.05, 3.63) is 54.7 Å². The molecule has 13 nitrogen and oxygen atoms in total. The minimum Gasteiger partial charge on any atom is -0.478 e. The van der Waals surface area contributed by atoms with Gasteiger partial charge in [0.15, 0.2) is 12.4 Å². The monoisotopic (exact) mass is 467 g/mol. The van der Waals surface area contributed by atoms with Gasteiger partial charge in [0.25, 0.3) is 5.56 Å². The smallest absolute Gasteiger partial charge is 0.332 e. The van der Waals surface area contributed by atoms with Crippen LogP contribution in [0.3, 0.4) is 0 Å². The third-order valence-corrected chi connectivity index (χ3v) is 7.07. The average Bonchev–Trinajstić information content (AvgIpc) is 3.30. The maximum absolute atomic E-state index is 12.7. The fourth-order valence-corrected chi connectivity index (χ4v) is 4.88. The van der Waals surface area contributed by atoms with E-state index in [1.54, 1.807) is 0 Å². The number of nitrogen functional groups attached to an aromatic ring is 1. The fourth-order valence-electron chi connectivity index (χ4n) is 3.34. The number of hydrogen-bond acceptors (Lipinski definition) is 9. The Morgan fingerprint density at radius 1 is 1.19 bits per heavy atom. The minimum absolute atomic E-state index is 0.263. The molecule has 32 heavy (non-hydrogen) atoms. The zero-order chi connectivity index (χ0) is 23.8. The van der Waals surface area contributed by atoms with Crippen molar-refractivity contribution >= 4 is 27.3 Å². The highest BCUT2D eigenvalue weighted by molar-refractivity contribution is 7.89. The zero-order valence-electron chi connectivity index (χ0n) is 17.3. The molecule has 0 amide bonds. The van der Waals surface area contributed by atoms with Gasteiger partial charge in [0.05, 0.1) is 9.82 Å². The number of nitro benzene ring substituents is 1. The summed E-state index contributed by atoms with van der Waals surface area (Å²) in [5.41, 5.74) is 2.92. The predicted octanol–water partition coefficient (Wildman–Crippen LogP) is -0.379. The largest absolute Gasteiger partial charge is 0.478 e. The summed E-state index contributed by atoms with van der Waals surface area (Å²) in [5, 5.41) is 11.5. The van der Waals surface area contributed by atoms with Gasteiger partial charge in [0.1, 0.15) is 11.4 Å². The topological polar surface area (TPSA) is 177 Å². The highest BCUT2D eigenvalue weighted by Gasteiger charge is 2.30. The van der Waals surface area contributed by atoms with Gasteiger partial charge in [-0.15, -0.1) is 0 Å². The lowest BCUT2D eigenvalue weighted by atomic mass is 10.2. The molecule has 0 aliphatic carbocycles. The lowest BCUT2D eigenvalue weighted by Crippen LogP contribution is -2.42. The van der Waals surface area contributed by atoms with E-state index in [1.807, 2.05) is 0 Å². The summed E-state index contributed by atoms with van der Waals surface area (Å²) in [7, 11) is -1.45. The van der Waals surface area contributed by atoms with Crippen molar-refractivity contribution in [2.24, 2.45) is 14.1 Å². The Morgan fingerprint density at radius 3 is 2.41 bits per heavy atom. The van der Waals surface area contributed by atoms with Crippen LogP contribution in [0.5, 0.6) is 5.75 Å². The van der Waals surface area contributed by atoms with Crippen molar-refractivity contribution in [2.75, 3.05) is 25.4 Å². The van der Waals surface area contributed by atoms with Gasteiger partial charge in [-0.3, -0.25) is 28.8 Å². The number of carbonyl (C=O) groups is 1. The van der Waals surface area contributed by atoms with Gasteiger partial charge in [-0.05, 0) is 25.0 Å². The number of ether oxygens (including phenoxy) is 1. The lowest BCUT2D eigenvalue weighted by molar-refractivity contribution is -0.386. The Kier molecular flexibility index (Phi) is 6.18. The van der Waals surface area contributed by atoms with Crippen LogP contribution < -0.4 is 21.7 Å². The molecule has 2 aromatic rings. The molecule has 3 rings (SSSR count). The van der Waals surface area contributed by atoms with E-state index in [0.717, 1.165) is 22.8 Å². The summed E-state index contributed by atoms with van der Waals surface area (Å²) in [4.78, 5) is 47.1. The van der Waals surface area contributed by atoms with Gasteiger partial charge in [-0.2, -0.15) is 4.31 Å². The summed E-state index contributed by atoms with van der Waals surface area (Å²) in [6, 6.07) is 3.10. The number of ketones is 1. The Balaban J connectivity index is 1.90. The molecule has 1 aromatic carbocycles. The number of nitro groups is 1. The highest BCUT2D eigenvalue weighted by Crippen LogP contribution is 2.32.